The first-order valence-corrected chi connectivity index (χ1v) is 6.50. The van der Waals surface area contributed by atoms with E-state index in [0.717, 1.165) is 0 Å². The highest BCUT2D eigenvalue weighted by Gasteiger charge is 2.39. The van der Waals surface area contributed by atoms with Crippen LogP contribution in [0.3, 0.4) is 0 Å². The van der Waals surface area contributed by atoms with Gasteiger partial charge in [-0.2, -0.15) is 0 Å². The normalized spacial score (nSPS) is 17.6. The van der Waals surface area contributed by atoms with Crippen LogP contribution >= 0.6 is 0 Å². The first kappa shape index (κ1) is 15.6. The zero-order valence-corrected chi connectivity index (χ0v) is 12.0. The van der Waals surface area contributed by atoms with Crippen molar-refractivity contribution in [2.75, 3.05) is 6.54 Å². The highest BCUT2D eigenvalue weighted by Crippen LogP contribution is 2.27. The van der Waals surface area contributed by atoms with Crippen LogP contribution in [0.4, 0.5) is 9.18 Å². The number of rotatable bonds is 2. The lowest BCUT2D eigenvalue weighted by molar-refractivity contribution is 0.0498. The van der Waals surface area contributed by atoms with Crippen molar-refractivity contribution in [3.8, 4) is 5.75 Å². The zero-order valence-electron chi connectivity index (χ0n) is 12.0. The number of hydrogen-bond acceptors (Lipinski definition) is 5. The summed E-state index contributed by atoms with van der Waals surface area (Å²) in [7, 11) is -1.47. The van der Waals surface area contributed by atoms with Crippen LogP contribution in [0.1, 0.15) is 32.4 Å². The van der Waals surface area contributed by atoms with Crippen molar-refractivity contribution in [2.45, 2.75) is 32.5 Å². The lowest BCUT2D eigenvalue weighted by atomic mass is 9.78. The molecule has 1 aliphatic rings. The molecule has 1 heterocycles. The van der Waals surface area contributed by atoms with Gasteiger partial charge in [0.2, 0.25) is 0 Å². The predicted molar refractivity (Wildman–Crippen MR) is 73.7 cm³/mol. The van der Waals surface area contributed by atoms with Gasteiger partial charge in [-0.05, 0) is 32.4 Å². The molecule has 0 fully saturated rings. The highest BCUT2D eigenvalue weighted by molar-refractivity contribution is 6.62. The topological polar surface area (TPSA) is 88.0 Å². The van der Waals surface area contributed by atoms with Gasteiger partial charge >= 0.3 is 13.2 Å². The minimum Gasteiger partial charge on any atom is -0.505 e. The Morgan fingerprint density at radius 1 is 1.52 bits per heavy atom. The van der Waals surface area contributed by atoms with Crippen LogP contribution in [0.15, 0.2) is 12.1 Å². The monoisotopic (exact) mass is 297 g/mol. The molecule has 6 nitrogen and oxygen atoms in total. The molecule has 1 aromatic carbocycles. The third-order valence-electron chi connectivity index (χ3n) is 2.91. The highest BCUT2D eigenvalue weighted by atomic mass is 19.1. The van der Waals surface area contributed by atoms with Crippen LogP contribution in [-0.4, -0.2) is 35.5 Å². The van der Waals surface area contributed by atoms with Crippen molar-refractivity contribution < 1.29 is 28.7 Å². The Labute approximate surface area is 122 Å². The number of benzene rings is 1. The van der Waals surface area contributed by atoms with E-state index in [9.17, 15) is 19.3 Å². The van der Waals surface area contributed by atoms with Crippen molar-refractivity contribution in [3.05, 3.63) is 23.5 Å². The van der Waals surface area contributed by atoms with Gasteiger partial charge in [-0.1, -0.05) is 6.07 Å². The summed E-state index contributed by atoms with van der Waals surface area (Å²) in [5.74, 6) is -1.48. The second-order valence-electron chi connectivity index (χ2n) is 5.76. The van der Waals surface area contributed by atoms with Crippen molar-refractivity contribution in [2.24, 2.45) is 0 Å². The van der Waals surface area contributed by atoms with Gasteiger partial charge in [0, 0.05) is 12.0 Å². The first-order valence-electron chi connectivity index (χ1n) is 6.50. The molecule has 8 heteroatoms. The molecule has 114 valence electrons. The van der Waals surface area contributed by atoms with Crippen molar-refractivity contribution in [1.82, 2.24) is 5.32 Å². The van der Waals surface area contributed by atoms with Gasteiger partial charge in [0.15, 0.2) is 11.6 Å². The summed E-state index contributed by atoms with van der Waals surface area (Å²) in [6, 6.07) is 2.63. The molecule has 3 N–H and O–H groups in total. The Morgan fingerprint density at radius 2 is 2.19 bits per heavy atom. The molecule has 0 aromatic heterocycles. The molecule has 0 saturated heterocycles. The lowest BCUT2D eigenvalue weighted by Crippen LogP contribution is -2.35. The van der Waals surface area contributed by atoms with Gasteiger partial charge in [0.1, 0.15) is 5.60 Å². The number of nitrogens with one attached hydrogen (secondary N) is 1. The largest absolute Gasteiger partial charge is 0.505 e. The van der Waals surface area contributed by atoms with E-state index in [2.05, 4.69) is 5.32 Å². The Morgan fingerprint density at radius 3 is 2.81 bits per heavy atom. The van der Waals surface area contributed by atoms with Gasteiger partial charge in [-0.25, -0.2) is 9.18 Å². The fourth-order valence-electron chi connectivity index (χ4n) is 2.07. The minimum absolute atomic E-state index is 0.0171. The zero-order chi connectivity index (χ0) is 15.8. The van der Waals surface area contributed by atoms with Crippen LogP contribution < -0.4 is 10.8 Å². The minimum atomic E-state index is -1.47. The molecule has 1 atom stereocenters. The molecule has 1 amide bonds. The molecule has 0 saturated carbocycles. The van der Waals surface area contributed by atoms with E-state index in [1.165, 1.54) is 12.1 Å². The number of amides is 1. The number of phenolic OH excluding ortho intramolecular Hbond substituents is 1. The molecular formula is C13H17BFNO5. The van der Waals surface area contributed by atoms with E-state index in [4.69, 9.17) is 9.39 Å². The van der Waals surface area contributed by atoms with E-state index in [1.807, 2.05) is 0 Å². The molecule has 0 bridgehead atoms. The molecular weight excluding hydrogens is 280 g/mol. The summed E-state index contributed by atoms with van der Waals surface area (Å²) in [4.78, 5) is 11.6. The van der Waals surface area contributed by atoms with E-state index in [-0.39, 0.29) is 12.0 Å². The van der Waals surface area contributed by atoms with Gasteiger partial charge in [0.05, 0.1) is 6.10 Å². The Bertz CT molecular complexity index is 560. The molecule has 1 aliphatic heterocycles. The molecule has 0 spiro atoms. The van der Waals surface area contributed by atoms with Gasteiger partial charge in [-0.3, -0.25) is 0 Å². The van der Waals surface area contributed by atoms with Gasteiger partial charge < -0.3 is 24.8 Å². The summed E-state index contributed by atoms with van der Waals surface area (Å²) in [6.07, 6.45) is -1.34. The number of halogens is 1. The average molecular weight is 297 g/mol. The van der Waals surface area contributed by atoms with Gasteiger partial charge in [-0.15, -0.1) is 0 Å². The maximum atomic E-state index is 13.7. The first-order chi connectivity index (χ1) is 9.69. The number of phenols is 1. The lowest BCUT2D eigenvalue weighted by Gasteiger charge is -2.21. The summed E-state index contributed by atoms with van der Waals surface area (Å²) in [5.41, 5.74) is -0.351. The fourth-order valence-corrected chi connectivity index (χ4v) is 2.07. The maximum Gasteiger partial charge on any atom is 0.495 e. The van der Waals surface area contributed by atoms with Crippen LogP contribution in [-0.2, 0) is 9.39 Å². The number of carbonyl (C=O) groups excluding carboxylic acids is 1. The van der Waals surface area contributed by atoms with Crippen LogP contribution in [0.5, 0.6) is 5.75 Å². The van der Waals surface area contributed by atoms with E-state index >= 15 is 0 Å². The molecule has 2 rings (SSSR count). The summed E-state index contributed by atoms with van der Waals surface area (Å²) in [6.45, 7) is 5.21. The van der Waals surface area contributed by atoms with Crippen molar-refractivity contribution >= 4 is 18.7 Å². The van der Waals surface area contributed by atoms with Gasteiger partial charge in [0.25, 0.3) is 0 Å². The number of fused-ring (bicyclic) bond motifs is 1. The molecule has 0 radical (unpaired) electrons. The smallest absolute Gasteiger partial charge is 0.495 e. The molecule has 0 aliphatic carbocycles. The molecule has 1 aromatic rings. The van der Waals surface area contributed by atoms with E-state index in [1.54, 1.807) is 20.8 Å². The third-order valence-corrected chi connectivity index (χ3v) is 2.91. The molecule has 1 unspecified atom stereocenters. The number of ether oxygens (including phenoxy) is 1. The molecule has 21 heavy (non-hydrogen) atoms. The standard InChI is InChI=1S/C13H17BFNO5/c1-13(2,3)20-12(18)16-6-9-7-4-5-8(17)11(15)10(7)14(19)21-9/h4-5,9,17,19H,6H2,1-3H3,(H,16,18). The van der Waals surface area contributed by atoms with Crippen LogP contribution in [0.2, 0.25) is 0 Å². The number of aromatic hydroxyl groups is 1. The second kappa shape index (κ2) is 5.53. The van der Waals surface area contributed by atoms with Crippen molar-refractivity contribution in [3.63, 3.8) is 0 Å². The quantitative estimate of drug-likeness (QED) is 0.703. The van der Waals surface area contributed by atoms with E-state index in [0.29, 0.717) is 5.56 Å². The number of carbonyl (C=O) groups is 1. The number of hydrogen-bond donors (Lipinski definition) is 3. The van der Waals surface area contributed by atoms with E-state index < -0.39 is 36.5 Å². The van der Waals surface area contributed by atoms with Crippen molar-refractivity contribution in [1.29, 1.82) is 0 Å². The summed E-state index contributed by atoms with van der Waals surface area (Å²) in [5, 5.41) is 21.5. The Balaban J connectivity index is 2.06. The third kappa shape index (κ3) is 3.45. The summed E-state index contributed by atoms with van der Waals surface area (Å²) < 4.78 is 24.0. The number of alkyl carbamates (subject to hydrolysis) is 1. The maximum absolute atomic E-state index is 13.7. The average Bonchev–Trinajstić information content (AvgIpc) is 2.66. The van der Waals surface area contributed by atoms with Crippen LogP contribution in [0.25, 0.3) is 0 Å². The van der Waals surface area contributed by atoms with Crippen LogP contribution in [0, 0.1) is 5.82 Å². The Kier molecular flexibility index (Phi) is 4.11. The SMILES string of the molecule is CC(C)(C)OC(=O)NCC1OB(O)c2c1ccc(O)c2F. The summed E-state index contributed by atoms with van der Waals surface area (Å²) >= 11 is 0. The predicted octanol–water partition coefficient (Wildman–Crippen LogP) is 0.815. The second-order valence-corrected chi connectivity index (χ2v) is 5.76. The Hall–Kier alpha value is -1.80. The fraction of sp³-hybridized carbons (Fsp3) is 0.462.